The number of hydrogen-bond donors (Lipinski definition) is 1. The molecule has 0 amide bonds. The lowest BCUT2D eigenvalue weighted by atomic mass is 9.96. The van der Waals surface area contributed by atoms with Gasteiger partial charge >= 0.3 is 0 Å². The largest absolute Gasteiger partial charge is 0.360 e. The molecule has 1 N–H and O–H groups in total. The molecule has 0 radical (unpaired) electrons. The normalized spacial score (nSPS) is 27.9. The maximum Gasteiger partial charge on any atom is 0.119 e. The van der Waals surface area contributed by atoms with Crippen LogP contribution in [-0.4, -0.2) is 18.9 Å². The Balaban J connectivity index is 1.91. The number of nitrogens with one attached hydrogen (secondary N) is 1. The van der Waals surface area contributed by atoms with E-state index in [2.05, 4.69) is 19.2 Å². The smallest absolute Gasteiger partial charge is 0.119 e. The lowest BCUT2D eigenvalue weighted by molar-refractivity contribution is -0.132. The van der Waals surface area contributed by atoms with Crippen LogP contribution in [0.1, 0.15) is 52.4 Å². The molecule has 1 aliphatic heterocycles. The minimum Gasteiger partial charge on any atom is -0.360 e. The Kier molecular flexibility index (Phi) is 2.85. The zero-order valence-electron chi connectivity index (χ0n) is 9.57. The van der Waals surface area contributed by atoms with Gasteiger partial charge in [-0.05, 0) is 25.7 Å². The summed E-state index contributed by atoms with van der Waals surface area (Å²) in [6, 6.07) is 0. The standard InChI is InChI=1S/C12H23NO/c1-3-5-12(6-4-2)13-9-11(7-8-11)10-14-12/h13H,3-10H2,1-2H3. The summed E-state index contributed by atoms with van der Waals surface area (Å²) in [5.74, 6) is 0. The first-order valence-corrected chi connectivity index (χ1v) is 6.13. The molecule has 14 heavy (non-hydrogen) atoms. The van der Waals surface area contributed by atoms with Crippen LogP contribution in [0, 0.1) is 5.41 Å². The van der Waals surface area contributed by atoms with E-state index >= 15 is 0 Å². The quantitative estimate of drug-likeness (QED) is 0.748. The van der Waals surface area contributed by atoms with Crippen molar-refractivity contribution in [2.24, 2.45) is 5.41 Å². The van der Waals surface area contributed by atoms with E-state index < -0.39 is 0 Å². The highest BCUT2D eigenvalue weighted by atomic mass is 16.5. The van der Waals surface area contributed by atoms with Gasteiger partial charge in [0.05, 0.1) is 6.61 Å². The molecular formula is C12H23NO. The molecule has 0 unspecified atom stereocenters. The molecule has 2 aliphatic rings. The molecule has 0 aromatic rings. The van der Waals surface area contributed by atoms with Gasteiger partial charge in [0, 0.05) is 12.0 Å². The zero-order chi connectivity index (χ0) is 10.1. The molecule has 82 valence electrons. The van der Waals surface area contributed by atoms with Crippen molar-refractivity contribution in [1.82, 2.24) is 5.32 Å². The van der Waals surface area contributed by atoms with Crippen molar-refractivity contribution in [3.63, 3.8) is 0 Å². The van der Waals surface area contributed by atoms with E-state index in [0.717, 1.165) is 19.4 Å². The van der Waals surface area contributed by atoms with Gasteiger partial charge in [-0.15, -0.1) is 0 Å². The first-order valence-electron chi connectivity index (χ1n) is 6.13. The number of rotatable bonds is 4. The molecule has 0 bridgehead atoms. The van der Waals surface area contributed by atoms with Crippen molar-refractivity contribution in [3.8, 4) is 0 Å². The lowest BCUT2D eigenvalue weighted by Crippen LogP contribution is -2.55. The van der Waals surface area contributed by atoms with Crippen molar-refractivity contribution in [2.45, 2.75) is 58.1 Å². The van der Waals surface area contributed by atoms with Crippen molar-refractivity contribution < 1.29 is 4.74 Å². The van der Waals surface area contributed by atoms with Crippen LogP contribution < -0.4 is 5.32 Å². The third-order valence-corrected chi connectivity index (χ3v) is 3.70. The van der Waals surface area contributed by atoms with Crippen LogP contribution in [0.15, 0.2) is 0 Å². The molecule has 2 rings (SSSR count). The van der Waals surface area contributed by atoms with Crippen LogP contribution >= 0.6 is 0 Å². The predicted molar refractivity (Wildman–Crippen MR) is 58.2 cm³/mol. The van der Waals surface area contributed by atoms with Crippen LogP contribution in [0.25, 0.3) is 0 Å². The molecule has 2 heteroatoms. The molecule has 1 heterocycles. The van der Waals surface area contributed by atoms with Crippen LogP contribution in [0.2, 0.25) is 0 Å². The minimum absolute atomic E-state index is 0.0251. The molecule has 1 saturated carbocycles. The topological polar surface area (TPSA) is 21.3 Å². The summed E-state index contributed by atoms with van der Waals surface area (Å²) < 4.78 is 6.11. The SMILES string of the molecule is CCCC1(CCC)NCC2(CC2)CO1. The van der Waals surface area contributed by atoms with E-state index in [0.29, 0.717) is 5.41 Å². The van der Waals surface area contributed by atoms with Crippen molar-refractivity contribution >= 4 is 0 Å². The second-order valence-electron chi connectivity index (χ2n) is 5.14. The molecule has 0 aromatic heterocycles. The number of ether oxygens (including phenoxy) is 1. The molecule has 0 aromatic carbocycles. The maximum atomic E-state index is 6.11. The van der Waals surface area contributed by atoms with E-state index in [1.54, 1.807) is 0 Å². The van der Waals surface area contributed by atoms with Gasteiger partial charge < -0.3 is 4.74 Å². The van der Waals surface area contributed by atoms with Crippen molar-refractivity contribution in [1.29, 1.82) is 0 Å². The van der Waals surface area contributed by atoms with E-state index in [1.165, 1.54) is 32.2 Å². The molecule has 1 saturated heterocycles. The Labute approximate surface area is 87.4 Å². The highest BCUT2D eigenvalue weighted by Gasteiger charge is 2.49. The van der Waals surface area contributed by atoms with Crippen molar-refractivity contribution in [2.75, 3.05) is 13.2 Å². The van der Waals surface area contributed by atoms with E-state index in [1.807, 2.05) is 0 Å². The van der Waals surface area contributed by atoms with Gasteiger partial charge in [0.2, 0.25) is 0 Å². The first-order chi connectivity index (χ1) is 6.74. The van der Waals surface area contributed by atoms with Gasteiger partial charge in [0.1, 0.15) is 5.72 Å². The molecule has 0 atom stereocenters. The van der Waals surface area contributed by atoms with Gasteiger partial charge in [-0.25, -0.2) is 0 Å². The average Bonchev–Trinajstić information content (AvgIpc) is 2.93. The van der Waals surface area contributed by atoms with E-state index in [-0.39, 0.29) is 5.72 Å². The number of hydrogen-bond acceptors (Lipinski definition) is 2. The fourth-order valence-electron chi connectivity index (χ4n) is 2.49. The Hall–Kier alpha value is -0.0800. The summed E-state index contributed by atoms with van der Waals surface area (Å²) in [7, 11) is 0. The highest BCUT2D eigenvalue weighted by Crippen LogP contribution is 2.48. The van der Waals surface area contributed by atoms with Crippen molar-refractivity contribution in [3.05, 3.63) is 0 Å². The van der Waals surface area contributed by atoms with Crippen LogP contribution in [-0.2, 0) is 4.74 Å². The monoisotopic (exact) mass is 197 g/mol. The van der Waals surface area contributed by atoms with Crippen LogP contribution in [0.5, 0.6) is 0 Å². The average molecular weight is 197 g/mol. The predicted octanol–water partition coefficient (Wildman–Crippen LogP) is 2.68. The molecule has 1 spiro atoms. The van der Waals surface area contributed by atoms with E-state index in [4.69, 9.17) is 4.74 Å². The summed E-state index contributed by atoms with van der Waals surface area (Å²) in [5, 5.41) is 3.66. The van der Waals surface area contributed by atoms with Gasteiger partial charge in [-0.2, -0.15) is 0 Å². The Morgan fingerprint density at radius 2 is 1.79 bits per heavy atom. The van der Waals surface area contributed by atoms with E-state index in [9.17, 15) is 0 Å². The second-order valence-corrected chi connectivity index (χ2v) is 5.14. The third-order valence-electron chi connectivity index (χ3n) is 3.70. The second kappa shape index (κ2) is 3.82. The minimum atomic E-state index is 0.0251. The molecule has 2 nitrogen and oxygen atoms in total. The fraction of sp³-hybridized carbons (Fsp3) is 1.00. The Morgan fingerprint density at radius 3 is 2.14 bits per heavy atom. The summed E-state index contributed by atoms with van der Waals surface area (Å²) in [6.07, 6.45) is 7.48. The Morgan fingerprint density at radius 1 is 1.14 bits per heavy atom. The Bertz CT molecular complexity index is 180. The summed E-state index contributed by atoms with van der Waals surface area (Å²) in [4.78, 5) is 0. The fourth-order valence-corrected chi connectivity index (χ4v) is 2.49. The third kappa shape index (κ3) is 1.96. The first kappa shape index (κ1) is 10.4. The summed E-state index contributed by atoms with van der Waals surface area (Å²) in [5.41, 5.74) is 0.572. The maximum absolute atomic E-state index is 6.11. The summed E-state index contributed by atoms with van der Waals surface area (Å²) >= 11 is 0. The van der Waals surface area contributed by atoms with Gasteiger partial charge in [-0.1, -0.05) is 26.7 Å². The zero-order valence-corrected chi connectivity index (χ0v) is 9.57. The molecule has 1 aliphatic carbocycles. The molecule has 2 fully saturated rings. The summed E-state index contributed by atoms with van der Waals surface area (Å²) in [6.45, 7) is 6.67. The van der Waals surface area contributed by atoms with Gasteiger partial charge in [0.15, 0.2) is 0 Å². The van der Waals surface area contributed by atoms with Crippen LogP contribution in [0.3, 0.4) is 0 Å². The lowest BCUT2D eigenvalue weighted by Gasteiger charge is -2.42. The van der Waals surface area contributed by atoms with Gasteiger partial charge in [0.25, 0.3) is 0 Å². The van der Waals surface area contributed by atoms with Gasteiger partial charge in [-0.3, -0.25) is 5.32 Å². The van der Waals surface area contributed by atoms with Crippen LogP contribution in [0.4, 0.5) is 0 Å². The molecular weight excluding hydrogens is 174 g/mol. The highest BCUT2D eigenvalue weighted by molar-refractivity contribution is 5.00.